The van der Waals surface area contributed by atoms with Crippen LogP contribution in [0.25, 0.3) is 0 Å². The summed E-state index contributed by atoms with van der Waals surface area (Å²) in [4.78, 5) is 11.9. The third kappa shape index (κ3) is 4.68. The molecule has 0 radical (unpaired) electrons. The predicted molar refractivity (Wildman–Crippen MR) is 81.2 cm³/mol. The van der Waals surface area contributed by atoms with Crippen molar-refractivity contribution in [1.29, 1.82) is 0 Å². The summed E-state index contributed by atoms with van der Waals surface area (Å²) >= 11 is 5.86. The van der Waals surface area contributed by atoms with Crippen molar-refractivity contribution in [3.05, 3.63) is 41.7 Å². The number of nitrogens with two attached hydrogens (primary N) is 1. The Bertz CT molecular complexity index is 615. The minimum absolute atomic E-state index is 0.199. The molecule has 1 aromatic heterocycles. The zero-order valence-corrected chi connectivity index (χ0v) is 12.4. The van der Waals surface area contributed by atoms with Crippen LogP contribution in [-0.4, -0.2) is 28.3 Å². The smallest absolute Gasteiger partial charge is 0.260 e. The van der Waals surface area contributed by atoms with Crippen LogP contribution in [0.15, 0.2) is 36.7 Å². The molecule has 0 saturated carbocycles. The molecule has 0 spiro atoms. The highest BCUT2D eigenvalue weighted by atomic mass is 35.5. The molecule has 0 aliphatic heterocycles. The lowest BCUT2D eigenvalue weighted by Gasteiger charge is -2.14. The molecule has 1 amide bonds. The largest absolute Gasteiger partial charge is 0.481 e. The maximum atomic E-state index is 11.9. The van der Waals surface area contributed by atoms with Crippen molar-refractivity contribution < 1.29 is 9.53 Å². The van der Waals surface area contributed by atoms with Gasteiger partial charge in [-0.15, -0.1) is 0 Å². The third-order valence-corrected chi connectivity index (χ3v) is 3.01. The number of hydrogen-bond acceptors (Lipinski definition) is 4. The Morgan fingerprint density at radius 3 is 3.05 bits per heavy atom. The fraction of sp³-hybridized carbons (Fsp3) is 0.286. The van der Waals surface area contributed by atoms with Gasteiger partial charge in [0, 0.05) is 17.8 Å². The van der Waals surface area contributed by atoms with Crippen molar-refractivity contribution in [2.45, 2.75) is 19.6 Å². The Balaban J connectivity index is 1.77. The van der Waals surface area contributed by atoms with Crippen molar-refractivity contribution in [3.63, 3.8) is 0 Å². The average molecular weight is 309 g/mol. The number of carbonyl (C=O) groups excluding carboxylic acids is 1. The second-order valence-electron chi connectivity index (χ2n) is 4.55. The minimum Gasteiger partial charge on any atom is -0.481 e. The number of rotatable bonds is 6. The quantitative estimate of drug-likeness (QED) is 0.851. The van der Waals surface area contributed by atoms with Crippen LogP contribution < -0.4 is 15.8 Å². The summed E-state index contributed by atoms with van der Waals surface area (Å²) in [7, 11) is 0. The maximum absolute atomic E-state index is 11.9. The van der Waals surface area contributed by atoms with Crippen molar-refractivity contribution in [2.75, 3.05) is 12.3 Å². The van der Waals surface area contributed by atoms with Gasteiger partial charge in [-0.05, 0) is 25.1 Å². The van der Waals surface area contributed by atoms with Gasteiger partial charge in [-0.1, -0.05) is 17.7 Å². The fourth-order valence-corrected chi connectivity index (χ4v) is 1.92. The van der Waals surface area contributed by atoms with Crippen molar-refractivity contribution in [3.8, 4) is 5.75 Å². The predicted octanol–water partition coefficient (Wildman–Crippen LogP) is 1.70. The molecule has 2 rings (SSSR count). The van der Waals surface area contributed by atoms with E-state index in [0.717, 1.165) is 0 Å². The van der Waals surface area contributed by atoms with E-state index in [2.05, 4.69) is 10.4 Å². The number of nitrogens with one attached hydrogen (secondary N) is 1. The first-order valence-corrected chi connectivity index (χ1v) is 6.90. The standard InChI is InChI=1S/C14H17ClN4O2/c1-10(21-13-4-2-3-11(15)7-13)14(20)17-5-6-19-9-12(16)8-18-19/h2-4,7-10H,5-6,16H2,1H3,(H,17,20). The summed E-state index contributed by atoms with van der Waals surface area (Å²) < 4.78 is 7.19. The molecule has 6 nitrogen and oxygen atoms in total. The van der Waals surface area contributed by atoms with E-state index in [1.807, 2.05) is 0 Å². The minimum atomic E-state index is -0.605. The molecule has 0 aliphatic carbocycles. The van der Waals surface area contributed by atoms with Crippen LogP contribution in [0.5, 0.6) is 5.75 Å². The monoisotopic (exact) mass is 308 g/mol. The van der Waals surface area contributed by atoms with Gasteiger partial charge in [0.2, 0.25) is 0 Å². The van der Waals surface area contributed by atoms with Crippen LogP contribution in [0.4, 0.5) is 5.69 Å². The van der Waals surface area contributed by atoms with E-state index in [0.29, 0.717) is 29.5 Å². The average Bonchev–Trinajstić information content (AvgIpc) is 2.84. The lowest BCUT2D eigenvalue weighted by molar-refractivity contribution is -0.127. The van der Waals surface area contributed by atoms with Gasteiger partial charge in [0.15, 0.2) is 6.10 Å². The highest BCUT2D eigenvalue weighted by Gasteiger charge is 2.14. The topological polar surface area (TPSA) is 82.2 Å². The number of nitrogen functional groups attached to an aromatic ring is 1. The number of hydrogen-bond donors (Lipinski definition) is 2. The summed E-state index contributed by atoms with van der Waals surface area (Å²) in [5.41, 5.74) is 6.15. The van der Waals surface area contributed by atoms with Gasteiger partial charge in [-0.2, -0.15) is 5.10 Å². The van der Waals surface area contributed by atoms with Crippen LogP contribution in [0, 0.1) is 0 Å². The molecular formula is C14H17ClN4O2. The lowest BCUT2D eigenvalue weighted by atomic mass is 10.3. The Labute approximate surface area is 127 Å². The van der Waals surface area contributed by atoms with Crippen LogP contribution in [-0.2, 0) is 11.3 Å². The third-order valence-electron chi connectivity index (χ3n) is 2.77. The van der Waals surface area contributed by atoms with Gasteiger partial charge in [0.25, 0.3) is 5.91 Å². The molecule has 2 aromatic rings. The Hall–Kier alpha value is -2.21. The molecule has 1 aromatic carbocycles. The summed E-state index contributed by atoms with van der Waals surface area (Å²) in [6.45, 7) is 2.68. The van der Waals surface area contributed by atoms with E-state index in [-0.39, 0.29) is 5.91 Å². The van der Waals surface area contributed by atoms with Gasteiger partial charge in [0.05, 0.1) is 18.4 Å². The molecule has 0 fully saturated rings. The van der Waals surface area contributed by atoms with E-state index in [1.165, 1.54) is 0 Å². The molecule has 0 bridgehead atoms. The van der Waals surface area contributed by atoms with E-state index < -0.39 is 6.10 Å². The molecule has 1 heterocycles. The van der Waals surface area contributed by atoms with E-state index in [4.69, 9.17) is 22.1 Å². The van der Waals surface area contributed by atoms with Crippen molar-refractivity contribution in [1.82, 2.24) is 15.1 Å². The van der Waals surface area contributed by atoms with Gasteiger partial charge < -0.3 is 15.8 Å². The Morgan fingerprint density at radius 1 is 1.57 bits per heavy atom. The second kappa shape index (κ2) is 6.99. The Morgan fingerprint density at radius 2 is 2.38 bits per heavy atom. The van der Waals surface area contributed by atoms with E-state index >= 15 is 0 Å². The number of ether oxygens (including phenoxy) is 1. The lowest BCUT2D eigenvalue weighted by Crippen LogP contribution is -2.37. The van der Waals surface area contributed by atoms with Crippen molar-refractivity contribution in [2.24, 2.45) is 0 Å². The number of anilines is 1. The van der Waals surface area contributed by atoms with Crippen LogP contribution in [0.3, 0.4) is 0 Å². The summed E-state index contributed by atoms with van der Waals surface area (Å²) in [6.07, 6.45) is 2.66. The van der Waals surface area contributed by atoms with Crippen LogP contribution in [0.1, 0.15) is 6.92 Å². The van der Waals surface area contributed by atoms with E-state index in [9.17, 15) is 4.79 Å². The highest BCUT2D eigenvalue weighted by Crippen LogP contribution is 2.18. The molecule has 0 saturated heterocycles. The SMILES string of the molecule is CC(Oc1cccc(Cl)c1)C(=O)NCCn1cc(N)cn1. The van der Waals surface area contributed by atoms with Crippen LogP contribution >= 0.6 is 11.6 Å². The summed E-state index contributed by atoms with van der Waals surface area (Å²) in [6, 6.07) is 6.93. The molecule has 1 atom stereocenters. The zero-order valence-electron chi connectivity index (χ0n) is 11.6. The number of aromatic nitrogens is 2. The number of halogens is 1. The fourth-order valence-electron chi connectivity index (χ4n) is 1.74. The normalized spacial score (nSPS) is 11.9. The second-order valence-corrected chi connectivity index (χ2v) is 4.98. The van der Waals surface area contributed by atoms with Gasteiger partial charge in [-0.3, -0.25) is 9.48 Å². The number of benzene rings is 1. The highest BCUT2D eigenvalue weighted by molar-refractivity contribution is 6.30. The molecule has 0 aliphatic rings. The number of nitrogens with zero attached hydrogens (tertiary/aromatic N) is 2. The first-order valence-electron chi connectivity index (χ1n) is 6.52. The maximum Gasteiger partial charge on any atom is 0.260 e. The number of amides is 1. The van der Waals surface area contributed by atoms with E-state index in [1.54, 1.807) is 48.3 Å². The molecule has 7 heteroatoms. The zero-order chi connectivity index (χ0) is 15.2. The molecule has 21 heavy (non-hydrogen) atoms. The van der Waals surface area contributed by atoms with Gasteiger partial charge in [0.1, 0.15) is 5.75 Å². The first kappa shape index (κ1) is 15.2. The molecular weight excluding hydrogens is 292 g/mol. The first-order chi connectivity index (χ1) is 10.0. The van der Waals surface area contributed by atoms with Gasteiger partial charge >= 0.3 is 0 Å². The van der Waals surface area contributed by atoms with Gasteiger partial charge in [-0.25, -0.2) is 0 Å². The van der Waals surface area contributed by atoms with Crippen molar-refractivity contribution >= 4 is 23.2 Å². The summed E-state index contributed by atoms with van der Waals surface area (Å²) in [5.74, 6) is 0.361. The number of carbonyl (C=O) groups is 1. The Kier molecular flexibility index (Phi) is 5.05. The summed E-state index contributed by atoms with van der Waals surface area (Å²) in [5, 5.41) is 7.37. The van der Waals surface area contributed by atoms with Crippen LogP contribution in [0.2, 0.25) is 5.02 Å². The molecule has 1 unspecified atom stereocenters. The molecule has 112 valence electrons. The molecule has 3 N–H and O–H groups in total.